The van der Waals surface area contributed by atoms with Gasteiger partial charge in [0, 0.05) is 34.9 Å². The molecule has 0 unspecified atom stereocenters. The molecule has 0 spiro atoms. The SMILES string of the molecule is Nc1[nH]ncc1-c1cc(Cl)ccc1N1CCCCC1. The maximum atomic E-state index is 6.14. The highest BCUT2D eigenvalue weighted by Gasteiger charge is 2.17. The van der Waals surface area contributed by atoms with Crippen molar-refractivity contribution in [3.63, 3.8) is 0 Å². The van der Waals surface area contributed by atoms with Gasteiger partial charge in [0.05, 0.1) is 6.20 Å². The molecule has 1 saturated heterocycles. The van der Waals surface area contributed by atoms with Crippen LogP contribution in [0.2, 0.25) is 5.02 Å². The molecule has 0 atom stereocenters. The number of hydrogen-bond acceptors (Lipinski definition) is 3. The first kappa shape index (κ1) is 12.4. The van der Waals surface area contributed by atoms with E-state index in [0.717, 1.165) is 29.2 Å². The molecule has 0 bridgehead atoms. The smallest absolute Gasteiger partial charge is 0.126 e. The Balaban J connectivity index is 2.06. The van der Waals surface area contributed by atoms with E-state index in [9.17, 15) is 0 Å². The third kappa shape index (κ3) is 2.40. The standard InChI is InChI=1S/C14H17ClN4/c15-10-4-5-13(19-6-2-1-3-7-19)11(8-10)12-9-17-18-14(12)16/h4-5,8-9H,1-3,6-7H2,(H3,16,17,18). The minimum Gasteiger partial charge on any atom is -0.384 e. The molecule has 0 saturated carbocycles. The highest BCUT2D eigenvalue weighted by Crippen LogP contribution is 2.36. The number of nitrogen functional groups attached to an aromatic ring is 1. The van der Waals surface area contributed by atoms with Crippen LogP contribution in [0, 0.1) is 0 Å². The summed E-state index contributed by atoms with van der Waals surface area (Å²) < 4.78 is 0. The Hall–Kier alpha value is -1.68. The molecule has 1 aromatic carbocycles. The third-order valence-corrected chi connectivity index (χ3v) is 3.85. The van der Waals surface area contributed by atoms with E-state index in [1.54, 1.807) is 6.20 Å². The molecule has 1 aliphatic rings. The Labute approximate surface area is 117 Å². The lowest BCUT2D eigenvalue weighted by Crippen LogP contribution is -2.29. The number of hydrogen-bond donors (Lipinski definition) is 2. The van der Waals surface area contributed by atoms with Crippen LogP contribution in [0.1, 0.15) is 19.3 Å². The molecule has 19 heavy (non-hydrogen) atoms. The minimum absolute atomic E-state index is 0.584. The summed E-state index contributed by atoms with van der Waals surface area (Å²) in [5.74, 6) is 0.584. The van der Waals surface area contributed by atoms with E-state index >= 15 is 0 Å². The Morgan fingerprint density at radius 2 is 1.95 bits per heavy atom. The number of benzene rings is 1. The first-order chi connectivity index (χ1) is 9.25. The average Bonchev–Trinajstić information content (AvgIpc) is 2.86. The maximum absolute atomic E-state index is 6.14. The van der Waals surface area contributed by atoms with E-state index in [4.69, 9.17) is 17.3 Å². The number of piperidine rings is 1. The summed E-state index contributed by atoms with van der Waals surface area (Å²) in [6, 6.07) is 5.98. The first-order valence-corrected chi connectivity index (χ1v) is 6.97. The summed E-state index contributed by atoms with van der Waals surface area (Å²) in [4.78, 5) is 2.40. The van der Waals surface area contributed by atoms with Gasteiger partial charge in [0.25, 0.3) is 0 Å². The minimum atomic E-state index is 0.584. The fraction of sp³-hybridized carbons (Fsp3) is 0.357. The fourth-order valence-electron chi connectivity index (χ4n) is 2.65. The van der Waals surface area contributed by atoms with Gasteiger partial charge < -0.3 is 10.6 Å². The number of nitrogens with two attached hydrogens (primary N) is 1. The highest BCUT2D eigenvalue weighted by molar-refractivity contribution is 6.31. The number of aromatic nitrogens is 2. The maximum Gasteiger partial charge on any atom is 0.126 e. The van der Waals surface area contributed by atoms with Crippen LogP contribution in [0.3, 0.4) is 0 Å². The van der Waals surface area contributed by atoms with Crippen molar-refractivity contribution in [3.05, 3.63) is 29.4 Å². The lowest BCUT2D eigenvalue weighted by molar-refractivity contribution is 0.578. The zero-order valence-corrected chi connectivity index (χ0v) is 11.5. The van der Waals surface area contributed by atoms with E-state index in [2.05, 4.69) is 21.2 Å². The summed E-state index contributed by atoms with van der Waals surface area (Å²) in [7, 11) is 0. The molecule has 0 aliphatic carbocycles. The van der Waals surface area contributed by atoms with Crippen LogP contribution < -0.4 is 10.6 Å². The molecular weight excluding hydrogens is 260 g/mol. The molecule has 3 N–H and O–H groups in total. The zero-order valence-electron chi connectivity index (χ0n) is 10.7. The normalized spacial score (nSPS) is 15.7. The van der Waals surface area contributed by atoms with Crippen molar-refractivity contribution in [2.24, 2.45) is 0 Å². The molecule has 3 rings (SSSR count). The Kier molecular flexibility index (Phi) is 3.34. The van der Waals surface area contributed by atoms with Crippen molar-refractivity contribution >= 4 is 23.1 Å². The van der Waals surface area contributed by atoms with Crippen molar-refractivity contribution in [1.82, 2.24) is 10.2 Å². The molecule has 1 aliphatic heterocycles. The fourth-order valence-corrected chi connectivity index (χ4v) is 2.82. The van der Waals surface area contributed by atoms with Crippen LogP contribution in [0.25, 0.3) is 11.1 Å². The lowest BCUT2D eigenvalue weighted by Gasteiger charge is -2.30. The third-order valence-electron chi connectivity index (χ3n) is 3.61. The Morgan fingerprint density at radius 3 is 2.63 bits per heavy atom. The van der Waals surface area contributed by atoms with Gasteiger partial charge in [-0.1, -0.05) is 11.6 Å². The second-order valence-corrected chi connectivity index (χ2v) is 5.34. The molecule has 4 nitrogen and oxygen atoms in total. The number of nitrogens with one attached hydrogen (secondary N) is 1. The van der Waals surface area contributed by atoms with Gasteiger partial charge >= 0.3 is 0 Å². The van der Waals surface area contributed by atoms with Gasteiger partial charge in [0.2, 0.25) is 0 Å². The van der Waals surface area contributed by atoms with E-state index in [1.807, 2.05) is 12.1 Å². The van der Waals surface area contributed by atoms with E-state index in [1.165, 1.54) is 24.9 Å². The van der Waals surface area contributed by atoms with Crippen LogP contribution in [-0.2, 0) is 0 Å². The van der Waals surface area contributed by atoms with Gasteiger partial charge in [-0.15, -0.1) is 0 Å². The average molecular weight is 277 g/mol. The van der Waals surface area contributed by atoms with E-state index in [-0.39, 0.29) is 0 Å². The summed E-state index contributed by atoms with van der Waals surface area (Å²) in [6.07, 6.45) is 5.55. The van der Waals surface area contributed by atoms with Gasteiger partial charge in [0.1, 0.15) is 5.82 Å². The van der Waals surface area contributed by atoms with Crippen molar-refractivity contribution < 1.29 is 0 Å². The Bertz CT molecular complexity index is 573. The predicted octanol–water partition coefficient (Wildman–Crippen LogP) is 3.30. The predicted molar refractivity (Wildman–Crippen MR) is 79.5 cm³/mol. The quantitative estimate of drug-likeness (QED) is 0.885. The molecule has 2 heterocycles. The molecule has 5 heteroatoms. The summed E-state index contributed by atoms with van der Waals surface area (Å²) in [5, 5.41) is 7.50. The van der Waals surface area contributed by atoms with Crippen LogP contribution in [0.15, 0.2) is 24.4 Å². The van der Waals surface area contributed by atoms with Crippen LogP contribution in [-0.4, -0.2) is 23.3 Å². The van der Waals surface area contributed by atoms with Crippen LogP contribution in [0.5, 0.6) is 0 Å². The van der Waals surface area contributed by atoms with Gasteiger partial charge in [-0.3, -0.25) is 5.10 Å². The second kappa shape index (κ2) is 5.13. The lowest BCUT2D eigenvalue weighted by atomic mass is 10.0. The largest absolute Gasteiger partial charge is 0.384 e. The second-order valence-electron chi connectivity index (χ2n) is 4.91. The van der Waals surface area contributed by atoms with Gasteiger partial charge in [-0.05, 0) is 37.5 Å². The van der Waals surface area contributed by atoms with Gasteiger partial charge in [-0.2, -0.15) is 5.10 Å². The molecule has 2 aromatic rings. The van der Waals surface area contributed by atoms with Crippen LogP contribution in [0.4, 0.5) is 11.5 Å². The highest BCUT2D eigenvalue weighted by atomic mass is 35.5. The molecular formula is C14H17ClN4. The Morgan fingerprint density at radius 1 is 1.16 bits per heavy atom. The first-order valence-electron chi connectivity index (χ1n) is 6.59. The number of aromatic amines is 1. The zero-order chi connectivity index (χ0) is 13.2. The van der Waals surface area contributed by atoms with Crippen molar-refractivity contribution in [2.75, 3.05) is 23.7 Å². The summed E-state index contributed by atoms with van der Waals surface area (Å²) in [5.41, 5.74) is 9.11. The number of rotatable bonds is 2. The number of nitrogens with zero attached hydrogens (tertiary/aromatic N) is 2. The topological polar surface area (TPSA) is 57.9 Å². The van der Waals surface area contributed by atoms with Crippen molar-refractivity contribution in [2.45, 2.75) is 19.3 Å². The van der Waals surface area contributed by atoms with Crippen molar-refractivity contribution in [1.29, 1.82) is 0 Å². The number of H-pyrrole nitrogens is 1. The van der Waals surface area contributed by atoms with E-state index in [0.29, 0.717) is 5.82 Å². The van der Waals surface area contributed by atoms with Gasteiger partial charge in [0.15, 0.2) is 0 Å². The molecule has 1 fully saturated rings. The van der Waals surface area contributed by atoms with Crippen molar-refractivity contribution in [3.8, 4) is 11.1 Å². The van der Waals surface area contributed by atoms with E-state index < -0.39 is 0 Å². The number of anilines is 2. The summed E-state index contributed by atoms with van der Waals surface area (Å²) >= 11 is 6.14. The van der Waals surface area contributed by atoms with Gasteiger partial charge in [-0.25, -0.2) is 0 Å². The molecule has 0 amide bonds. The molecule has 100 valence electrons. The summed E-state index contributed by atoms with van der Waals surface area (Å²) in [6.45, 7) is 2.18. The monoisotopic (exact) mass is 276 g/mol. The molecule has 0 radical (unpaired) electrons. The molecule has 1 aromatic heterocycles. The number of halogens is 1. The van der Waals surface area contributed by atoms with Crippen LogP contribution >= 0.6 is 11.6 Å².